The first-order chi connectivity index (χ1) is 12.2. The molecule has 0 radical (unpaired) electrons. The van der Waals surface area contributed by atoms with Crippen molar-refractivity contribution in [2.45, 2.75) is 13.5 Å². The van der Waals surface area contributed by atoms with Crippen molar-refractivity contribution in [1.82, 2.24) is 4.98 Å². The van der Waals surface area contributed by atoms with Gasteiger partial charge in [-0.1, -0.05) is 36.4 Å². The van der Waals surface area contributed by atoms with Gasteiger partial charge in [0.25, 0.3) is 0 Å². The van der Waals surface area contributed by atoms with E-state index in [1.807, 2.05) is 48.6 Å². The average Bonchev–Trinajstić information content (AvgIpc) is 2.61. The van der Waals surface area contributed by atoms with Gasteiger partial charge in [0.15, 0.2) is 11.5 Å². The van der Waals surface area contributed by atoms with E-state index in [9.17, 15) is 8.78 Å². The normalized spacial score (nSPS) is 11.4. The van der Waals surface area contributed by atoms with Crippen LogP contribution in [0, 0.1) is 0 Å². The van der Waals surface area contributed by atoms with Crippen molar-refractivity contribution in [3.05, 3.63) is 65.9 Å². The summed E-state index contributed by atoms with van der Waals surface area (Å²) < 4.78 is 34.7. The minimum absolute atomic E-state index is 0.0258. The average molecular weight is 341 g/mol. The second-order valence-electron chi connectivity index (χ2n) is 5.28. The number of pyridine rings is 1. The highest BCUT2D eigenvalue weighted by molar-refractivity contribution is 5.80. The molecule has 0 unspecified atom stereocenters. The van der Waals surface area contributed by atoms with Crippen molar-refractivity contribution in [3.8, 4) is 11.5 Å². The van der Waals surface area contributed by atoms with E-state index >= 15 is 0 Å². The zero-order chi connectivity index (χ0) is 17.6. The number of ether oxygens (including phenoxy) is 2. The van der Waals surface area contributed by atoms with Crippen molar-refractivity contribution in [2.75, 3.05) is 6.61 Å². The maximum atomic E-state index is 12.4. The van der Waals surface area contributed by atoms with Gasteiger partial charge in [-0.15, -0.1) is 0 Å². The van der Waals surface area contributed by atoms with E-state index in [1.54, 1.807) is 19.1 Å². The van der Waals surface area contributed by atoms with Crippen LogP contribution in [0.25, 0.3) is 23.1 Å². The minimum atomic E-state index is -2.89. The molecule has 25 heavy (non-hydrogen) atoms. The number of fused-ring (bicyclic) bond motifs is 1. The smallest absolute Gasteiger partial charge is 0.387 e. The Bertz CT molecular complexity index is 894. The highest BCUT2D eigenvalue weighted by Gasteiger charge is 2.10. The van der Waals surface area contributed by atoms with Crippen LogP contribution in [-0.4, -0.2) is 18.2 Å². The lowest BCUT2D eigenvalue weighted by Gasteiger charge is -2.11. The van der Waals surface area contributed by atoms with Gasteiger partial charge in [0.2, 0.25) is 0 Å². The van der Waals surface area contributed by atoms with E-state index in [2.05, 4.69) is 9.72 Å². The molecule has 0 N–H and O–H groups in total. The number of aromatic nitrogens is 1. The molecule has 3 aromatic rings. The van der Waals surface area contributed by atoms with Crippen LogP contribution in [0.5, 0.6) is 11.5 Å². The Morgan fingerprint density at radius 1 is 1.00 bits per heavy atom. The highest BCUT2D eigenvalue weighted by atomic mass is 19.3. The van der Waals surface area contributed by atoms with Gasteiger partial charge in [0.05, 0.1) is 17.8 Å². The Kier molecular flexibility index (Phi) is 5.23. The van der Waals surface area contributed by atoms with Crippen molar-refractivity contribution < 1.29 is 18.3 Å². The molecule has 0 bridgehead atoms. The third-order valence-corrected chi connectivity index (χ3v) is 3.55. The van der Waals surface area contributed by atoms with Crippen LogP contribution in [0.1, 0.15) is 18.2 Å². The van der Waals surface area contributed by atoms with Crippen molar-refractivity contribution in [1.29, 1.82) is 0 Å². The van der Waals surface area contributed by atoms with Gasteiger partial charge in [0.1, 0.15) is 0 Å². The van der Waals surface area contributed by atoms with Gasteiger partial charge < -0.3 is 9.47 Å². The second-order valence-corrected chi connectivity index (χ2v) is 5.28. The summed E-state index contributed by atoms with van der Waals surface area (Å²) >= 11 is 0. The molecule has 0 fully saturated rings. The third-order valence-electron chi connectivity index (χ3n) is 3.55. The summed E-state index contributed by atoms with van der Waals surface area (Å²) in [6.07, 6.45) is 3.72. The molecule has 1 heterocycles. The summed E-state index contributed by atoms with van der Waals surface area (Å²) in [4.78, 5) is 4.56. The van der Waals surface area contributed by atoms with Gasteiger partial charge >= 0.3 is 6.61 Å². The number of para-hydroxylation sites is 1. The lowest BCUT2D eigenvalue weighted by atomic mass is 10.1. The minimum Gasteiger partial charge on any atom is -0.490 e. The topological polar surface area (TPSA) is 31.4 Å². The predicted molar refractivity (Wildman–Crippen MR) is 94.9 cm³/mol. The largest absolute Gasteiger partial charge is 0.490 e. The lowest BCUT2D eigenvalue weighted by molar-refractivity contribution is -0.0514. The molecule has 0 aliphatic rings. The predicted octanol–water partition coefficient (Wildman–Crippen LogP) is 5.41. The molecule has 2 aromatic carbocycles. The third kappa shape index (κ3) is 4.32. The maximum Gasteiger partial charge on any atom is 0.387 e. The fraction of sp³-hybridized carbons (Fsp3) is 0.150. The van der Waals surface area contributed by atoms with Crippen molar-refractivity contribution in [2.24, 2.45) is 0 Å². The number of benzene rings is 2. The number of rotatable bonds is 6. The zero-order valence-electron chi connectivity index (χ0n) is 13.7. The van der Waals surface area contributed by atoms with Crippen LogP contribution in [0.15, 0.2) is 54.6 Å². The van der Waals surface area contributed by atoms with Gasteiger partial charge in [-0.3, -0.25) is 0 Å². The molecule has 0 saturated carbocycles. The first kappa shape index (κ1) is 16.9. The van der Waals surface area contributed by atoms with Gasteiger partial charge in [0, 0.05) is 5.39 Å². The van der Waals surface area contributed by atoms with Crippen LogP contribution in [0.2, 0.25) is 0 Å². The standard InChI is InChI=1S/C20H17F2NO2/c1-2-24-19-13-14(8-12-18(19)25-20(21)22)7-10-16-11-9-15-5-3-4-6-17(15)23-16/h3-13,20H,2H2,1H3/b10-7+. The number of alkyl halides is 2. The molecule has 0 aliphatic carbocycles. The molecule has 3 rings (SSSR count). The summed E-state index contributed by atoms with van der Waals surface area (Å²) in [6, 6.07) is 16.6. The van der Waals surface area contributed by atoms with Crippen molar-refractivity contribution >= 4 is 23.1 Å². The fourth-order valence-electron chi connectivity index (χ4n) is 2.45. The Morgan fingerprint density at radius 2 is 1.84 bits per heavy atom. The summed E-state index contributed by atoms with van der Waals surface area (Å²) in [5.74, 6) is 0.314. The summed E-state index contributed by atoms with van der Waals surface area (Å²) in [7, 11) is 0. The first-order valence-electron chi connectivity index (χ1n) is 7.91. The Morgan fingerprint density at radius 3 is 2.64 bits per heavy atom. The molecule has 0 aliphatic heterocycles. The SMILES string of the molecule is CCOc1cc(/C=C/c2ccc3ccccc3n2)ccc1OC(F)F. The van der Waals surface area contributed by atoms with E-state index in [4.69, 9.17) is 4.74 Å². The number of halogens is 2. The zero-order valence-corrected chi connectivity index (χ0v) is 13.7. The monoisotopic (exact) mass is 341 g/mol. The Labute approximate surface area is 144 Å². The van der Waals surface area contributed by atoms with Gasteiger partial charge in [-0.25, -0.2) is 4.98 Å². The molecule has 5 heteroatoms. The van der Waals surface area contributed by atoms with Crippen LogP contribution in [-0.2, 0) is 0 Å². The molecular weight excluding hydrogens is 324 g/mol. The number of hydrogen-bond donors (Lipinski definition) is 0. The van der Waals surface area contributed by atoms with Crippen molar-refractivity contribution in [3.63, 3.8) is 0 Å². The second kappa shape index (κ2) is 7.75. The first-order valence-corrected chi connectivity index (χ1v) is 7.91. The van der Waals surface area contributed by atoms with E-state index in [1.165, 1.54) is 6.07 Å². The molecule has 128 valence electrons. The molecule has 3 nitrogen and oxygen atoms in total. The molecule has 1 aromatic heterocycles. The van der Waals surface area contributed by atoms with E-state index in [0.29, 0.717) is 6.61 Å². The fourth-order valence-corrected chi connectivity index (χ4v) is 2.45. The van der Waals surface area contributed by atoms with Gasteiger partial charge in [-0.2, -0.15) is 8.78 Å². The molecule has 0 amide bonds. The van der Waals surface area contributed by atoms with Gasteiger partial charge in [-0.05, 0) is 42.8 Å². The summed E-state index contributed by atoms with van der Waals surface area (Å²) in [6.45, 7) is -0.741. The molecular formula is C20H17F2NO2. The number of nitrogens with zero attached hydrogens (tertiary/aromatic N) is 1. The molecule has 0 atom stereocenters. The molecule has 0 spiro atoms. The van der Waals surface area contributed by atoms with Crippen LogP contribution < -0.4 is 9.47 Å². The lowest BCUT2D eigenvalue weighted by Crippen LogP contribution is -2.04. The Balaban J connectivity index is 1.85. The van der Waals surface area contributed by atoms with Crippen LogP contribution in [0.3, 0.4) is 0 Å². The van der Waals surface area contributed by atoms with Crippen LogP contribution >= 0.6 is 0 Å². The van der Waals surface area contributed by atoms with E-state index in [-0.39, 0.29) is 11.5 Å². The van der Waals surface area contributed by atoms with E-state index in [0.717, 1.165) is 22.2 Å². The summed E-state index contributed by atoms with van der Waals surface area (Å²) in [5.41, 5.74) is 2.53. The van der Waals surface area contributed by atoms with E-state index < -0.39 is 6.61 Å². The Hall–Kier alpha value is -2.95. The number of hydrogen-bond acceptors (Lipinski definition) is 3. The van der Waals surface area contributed by atoms with Crippen LogP contribution in [0.4, 0.5) is 8.78 Å². The summed E-state index contributed by atoms with van der Waals surface area (Å²) in [5, 5.41) is 1.08. The molecule has 0 saturated heterocycles. The quantitative estimate of drug-likeness (QED) is 0.601. The highest BCUT2D eigenvalue weighted by Crippen LogP contribution is 2.30. The maximum absolute atomic E-state index is 12.4.